The predicted molar refractivity (Wildman–Crippen MR) is 87.1 cm³/mol. The third-order valence-electron chi connectivity index (χ3n) is 4.02. The lowest BCUT2D eigenvalue weighted by molar-refractivity contribution is -0.116. The van der Waals surface area contributed by atoms with Crippen molar-refractivity contribution in [3.05, 3.63) is 59.2 Å². The average Bonchev–Trinajstić information content (AvgIpc) is 2.56. The molecule has 3 rings (SSSR count). The maximum absolute atomic E-state index is 13.2. The first-order valence-corrected chi connectivity index (χ1v) is 7.63. The van der Waals surface area contributed by atoms with Crippen molar-refractivity contribution in [2.75, 3.05) is 16.8 Å². The third-order valence-corrected chi connectivity index (χ3v) is 4.02. The minimum Gasteiger partial charge on any atom is -0.322 e. The fourth-order valence-corrected chi connectivity index (χ4v) is 2.82. The van der Waals surface area contributed by atoms with Crippen molar-refractivity contribution >= 4 is 23.2 Å². The number of hydrogen-bond donors (Lipinski definition) is 1. The first-order valence-electron chi connectivity index (χ1n) is 7.63. The molecule has 1 N–H and O–H groups in total. The largest absolute Gasteiger partial charge is 0.322 e. The number of hydrogen-bond acceptors (Lipinski definition) is 2. The van der Waals surface area contributed by atoms with Gasteiger partial charge in [-0.1, -0.05) is 6.07 Å². The van der Waals surface area contributed by atoms with Gasteiger partial charge in [0.05, 0.1) is 0 Å². The van der Waals surface area contributed by atoms with Crippen molar-refractivity contribution in [3.63, 3.8) is 0 Å². The van der Waals surface area contributed by atoms with Gasteiger partial charge in [0.25, 0.3) is 5.91 Å². The Balaban J connectivity index is 1.85. The smallest absolute Gasteiger partial charge is 0.255 e. The zero-order valence-electron chi connectivity index (χ0n) is 13.1. The van der Waals surface area contributed by atoms with E-state index < -0.39 is 17.5 Å². The summed E-state index contributed by atoms with van der Waals surface area (Å²) in [4.78, 5) is 25.6. The number of nitrogens with zero attached hydrogens (tertiary/aromatic N) is 1. The normalized spacial score (nSPS) is 13.4. The lowest BCUT2D eigenvalue weighted by Crippen LogP contribution is -2.33. The molecule has 0 aliphatic carbocycles. The van der Waals surface area contributed by atoms with Gasteiger partial charge < -0.3 is 10.2 Å². The summed E-state index contributed by atoms with van der Waals surface area (Å²) >= 11 is 0. The second kappa shape index (κ2) is 6.39. The van der Waals surface area contributed by atoms with E-state index in [1.807, 2.05) is 6.07 Å². The van der Waals surface area contributed by atoms with Gasteiger partial charge >= 0.3 is 0 Å². The molecule has 0 unspecified atom stereocenters. The highest BCUT2D eigenvalue weighted by molar-refractivity contribution is 6.05. The first-order chi connectivity index (χ1) is 11.5. The molecule has 2 aromatic rings. The van der Waals surface area contributed by atoms with Crippen LogP contribution in [-0.4, -0.2) is 18.4 Å². The minimum atomic E-state index is -1.07. The number of halogens is 2. The first kappa shape index (κ1) is 16.1. The van der Waals surface area contributed by atoms with Gasteiger partial charge in [0.15, 0.2) is 11.6 Å². The number of fused-ring (bicyclic) bond motifs is 1. The topological polar surface area (TPSA) is 49.4 Å². The van der Waals surface area contributed by atoms with Crippen LogP contribution in [0.5, 0.6) is 0 Å². The number of nitrogens with one attached hydrogen (secondary N) is 1. The van der Waals surface area contributed by atoms with Crippen LogP contribution in [0.1, 0.15) is 29.3 Å². The molecule has 1 heterocycles. The van der Waals surface area contributed by atoms with E-state index >= 15 is 0 Å². The van der Waals surface area contributed by atoms with Crippen molar-refractivity contribution < 1.29 is 18.4 Å². The molecular weight excluding hydrogens is 314 g/mol. The molecule has 0 spiro atoms. The highest BCUT2D eigenvalue weighted by Gasteiger charge is 2.20. The van der Waals surface area contributed by atoms with Crippen LogP contribution in [-0.2, 0) is 11.2 Å². The number of amides is 2. The molecule has 0 atom stereocenters. The molecule has 124 valence electrons. The Labute approximate surface area is 138 Å². The molecule has 0 aromatic heterocycles. The fourth-order valence-electron chi connectivity index (χ4n) is 2.82. The fraction of sp³-hybridized carbons (Fsp3) is 0.222. The molecule has 6 heteroatoms. The number of carbonyl (C=O) groups is 2. The highest BCUT2D eigenvalue weighted by Crippen LogP contribution is 2.30. The predicted octanol–water partition coefficient (Wildman–Crippen LogP) is 3.52. The van der Waals surface area contributed by atoms with Gasteiger partial charge in [0.1, 0.15) is 0 Å². The Morgan fingerprint density at radius 2 is 1.88 bits per heavy atom. The summed E-state index contributed by atoms with van der Waals surface area (Å²) in [6, 6.07) is 8.31. The van der Waals surface area contributed by atoms with E-state index in [-0.39, 0.29) is 11.5 Å². The highest BCUT2D eigenvalue weighted by atomic mass is 19.2. The Hall–Kier alpha value is -2.76. The van der Waals surface area contributed by atoms with Gasteiger partial charge in [-0.25, -0.2) is 8.78 Å². The van der Waals surface area contributed by atoms with E-state index in [2.05, 4.69) is 5.32 Å². The molecular formula is C18H16F2N2O2. The van der Waals surface area contributed by atoms with Crippen molar-refractivity contribution in [2.24, 2.45) is 0 Å². The van der Waals surface area contributed by atoms with Gasteiger partial charge in [-0.15, -0.1) is 0 Å². The van der Waals surface area contributed by atoms with Crippen molar-refractivity contribution in [2.45, 2.75) is 19.8 Å². The van der Waals surface area contributed by atoms with E-state index in [0.29, 0.717) is 12.2 Å². The average molecular weight is 330 g/mol. The van der Waals surface area contributed by atoms with Crippen molar-refractivity contribution in [1.82, 2.24) is 0 Å². The lowest BCUT2D eigenvalue weighted by Gasteiger charge is -2.29. The van der Waals surface area contributed by atoms with Crippen molar-refractivity contribution in [1.29, 1.82) is 0 Å². The zero-order valence-corrected chi connectivity index (χ0v) is 13.1. The second-order valence-electron chi connectivity index (χ2n) is 5.70. The summed E-state index contributed by atoms with van der Waals surface area (Å²) < 4.78 is 26.2. The SMILES string of the molecule is CC(=O)N1CCCc2ccc(NC(=O)c3ccc(F)c(F)c3)cc21. The maximum Gasteiger partial charge on any atom is 0.255 e. The minimum absolute atomic E-state index is 0.0232. The zero-order chi connectivity index (χ0) is 17.3. The van der Waals surface area contributed by atoms with E-state index in [9.17, 15) is 18.4 Å². The summed E-state index contributed by atoms with van der Waals surface area (Å²) in [6.07, 6.45) is 1.77. The summed E-state index contributed by atoms with van der Waals surface area (Å²) in [5.41, 5.74) is 2.34. The van der Waals surface area contributed by atoms with E-state index in [4.69, 9.17) is 0 Å². The number of aryl methyl sites for hydroxylation is 1. The summed E-state index contributed by atoms with van der Waals surface area (Å²) in [5.74, 6) is -2.67. The van der Waals surface area contributed by atoms with Crippen LogP contribution in [0.2, 0.25) is 0 Å². The third kappa shape index (κ3) is 3.13. The quantitative estimate of drug-likeness (QED) is 0.916. The van der Waals surface area contributed by atoms with Crippen LogP contribution in [0.3, 0.4) is 0 Å². The maximum atomic E-state index is 13.2. The van der Waals surface area contributed by atoms with Gasteiger partial charge in [-0.2, -0.15) is 0 Å². The molecule has 0 radical (unpaired) electrons. The Kier molecular flexibility index (Phi) is 4.29. The Bertz CT molecular complexity index is 821. The molecule has 2 aromatic carbocycles. The van der Waals surface area contributed by atoms with Crippen LogP contribution >= 0.6 is 0 Å². The van der Waals surface area contributed by atoms with Gasteiger partial charge in [-0.05, 0) is 48.7 Å². The van der Waals surface area contributed by atoms with Gasteiger partial charge in [0.2, 0.25) is 5.91 Å². The lowest BCUT2D eigenvalue weighted by atomic mass is 10.0. The van der Waals surface area contributed by atoms with Crippen LogP contribution in [0.25, 0.3) is 0 Å². The van der Waals surface area contributed by atoms with Crippen LogP contribution in [0, 0.1) is 11.6 Å². The molecule has 0 bridgehead atoms. The summed E-state index contributed by atoms with van der Waals surface area (Å²) in [7, 11) is 0. The number of benzene rings is 2. The van der Waals surface area contributed by atoms with Gasteiger partial charge in [0, 0.05) is 30.4 Å². The van der Waals surface area contributed by atoms with E-state index in [0.717, 1.165) is 36.2 Å². The van der Waals surface area contributed by atoms with Crippen LogP contribution in [0.15, 0.2) is 36.4 Å². The molecule has 4 nitrogen and oxygen atoms in total. The van der Waals surface area contributed by atoms with Gasteiger partial charge in [-0.3, -0.25) is 9.59 Å². The summed E-state index contributed by atoms with van der Waals surface area (Å²) in [5, 5.41) is 2.65. The van der Waals surface area contributed by atoms with Crippen LogP contribution < -0.4 is 10.2 Å². The number of rotatable bonds is 2. The van der Waals surface area contributed by atoms with E-state index in [1.165, 1.54) is 13.0 Å². The number of carbonyl (C=O) groups excluding carboxylic acids is 2. The standard InChI is InChI=1S/C18H16F2N2O2/c1-11(23)22-8-2-3-12-4-6-14(10-17(12)22)21-18(24)13-5-7-15(19)16(20)9-13/h4-7,9-10H,2-3,8H2,1H3,(H,21,24). The van der Waals surface area contributed by atoms with E-state index in [1.54, 1.807) is 17.0 Å². The molecule has 2 amide bonds. The molecule has 1 aliphatic rings. The molecule has 1 aliphatic heterocycles. The molecule has 0 fully saturated rings. The Morgan fingerprint density at radius 1 is 1.08 bits per heavy atom. The number of anilines is 2. The van der Waals surface area contributed by atoms with Crippen LogP contribution in [0.4, 0.5) is 20.2 Å². The second-order valence-corrected chi connectivity index (χ2v) is 5.70. The summed E-state index contributed by atoms with van der Waals surface area (Å²) in [6.45, 7) is 2.14. The molecule has 0 saturated heterocycles. The Morgan fingerprint density at radius 3 is 2.58 bits per heavy atom. The molecule has 0 saturated carbocycles. The monoisotopic (exact) mass is 330 g/mol. The molecule has 24 heavy (non-hydrogen) atoms. The van der Waals surface area contributed by atoms with Crippen molar-refractivity contribution in [3.8, 4) is 0 Å².